The van der Waals surface area contributed by atoms with E-state index in [0.717, 1.165) is 12.1 Å². The standard InChI is InChI=1S/C19H15F4NO2/c1-2-11-24(12-14-7-9-15(20)10-8-14)18(25)13-26-17-6-4-3-5-16(17)19(21,22)23/h1,3-10H,11-13H2. The number of hydrogen-bond donors (Lipinski definition) is 0. The number of nitrogens with zero attached hydrogens (tertiary/aromatic N) is 1. The normalized spacial score (nSPS) is 10.9. The van der Waals surface area contributed by atoms with Gasteiger partial charge in [-0.1, -0.05) is 30.2 Å². The summed E-state index contributed by atoms with van der Waals surface area (Å²) in [5, 5.41) is 0. The summed E-state index contributed by atoms with van der Waals surface area (Å²) >= 11 is 0. The van der Waals surface area contributed by atoms with Crippen LogP contribution in [0.4, 0.5) is 17.6 Å². The molecular weight excluding hydrogens is 350 g/mol. The second-order valence-corrected chi connectivity index (χ2v) is 5.36. The largest absolute Gasteiger partial charge is 0.483 e. The number of benzene rings is 2. The molecule has 1 amide bonds. The first kappa shape index (κ1) is 19.3. The number of para-hydroxylation sites is 1. The summed E-state index contributed by atoms with van der Waals surface area (Å²) in [5.41, 5.74) is -0.333. The molecule has 2 aromatic rings. The molecule has 0 spiro atoms. The average molecular weight is 365 g/mol. The van der Waals surface area contributed by atoms with Gasteiger partial charge in [0, 0.05) is 6.54 Å². The highest BCUT2D eigenvalue weighted by Gasteiger charge is 2.34. The van der Waals surface area contributed by atoms with Gasteiger partial charge in [-0.05, 0) is 29.8 Å². The van der Waals surface area contributed by atoms with Crippen molar-refractivity contribution in [2.24, 2.45) is 0 Å². The molecule has 0 aliphatic rings. The Morgan fingerprint density at radius 2 is 1.77 bits per heavy atom. The van der Waals surface area contributed by atoms with E-state index in [2.05, 4.69) is 5.92 Å². The van der Waals surface area contributed by atoms with Crippen LogP contribution in [0.1, 0.15) is 11.1 Å². The fraction of sp³-hybridized carbons (Fsp3) is 0.211. The third kappa shape index (κ3) is 5.24. The Morgan fingerprint density at radius 1 is 1.12 bits per heavy atom. The number of carbonyl (C=O) groups excluding carboxylic acids is 1. The lowest BCUT2D eigenvalue weighted by Gasteiger charge is -2.21. The summed E-state index contributed by atoms with van der Waals surface area (Å²) in [6.07, 6.45) is 0.649. The van der Waals surface area contributed by atoms with Gasteiger partial charge in [0.1, 0.15) is 11.6 Å². The summed E-state index contributed by atoms with van der Waals surface area (Å²) in [6.45, 7) is -0.565. The lowest BCUT2D eigenvalue weighted by atomic mass is 10.2. The Bertz CT molecular complexity index is 794. The molecule has 0 saturated carbocycles. The van der Waals surface area contributed by atoms with Gasteiger partial charge in [0.15, 0.2) is 6.61 Å². The summed E-state index contributed by atoms with van der Waals surface area (Å²) in [7, 11) is 0. The summed E-state index contributed by atoms with van der Waals surface area (Å²) in [5.74, 6) is 0.875. The van der Waals surface area contributed by atoms with E-state index >= 15 is 0 Å². The number of carbonyl (C=O) groups is 1. The number of rotatable bonds is 6. The molecule has 0 fully saturated rings. The summed E-state index contributed by atoms with van der Waals surface area (Å²) in [6, 6.07) is 10.1. The molecule has 0 atom stereocenters. The Labute approximate surface area is 148 Å². The first-order valence-corrected chi connectivity index (χ1v) is 7.56. The van der Waals surface area contributed by atoms with Crippen LogP contribution in [0.25, 0.3) is 0 Å². The zero-order chi connectivity index (χ0) is 19.2. The molecule has 0 heterocycles. The summed E-state index contributed by atoms with van der Waals surface area (Å²) in [4.78, 5) is 13.5. The van der Waals surface area contributed by atoms with Crippen molar-refractivity contribution in [3.05, 3.63) is 65.5 Å². The maximum absolute atomic E-state index is 12.9. The number of halogens is 4. The van der Waals surface area contributed by atoms with Gasteiger partial charge in [-0.25, -0.2) is 4.39 Å². The number of ether oxygens (including phenoxy) is 1. The van der Waals surface area contributed by atoms with Gasteiger partial charge in [-0.2, -0.15) is 13.2 Å². The molecule has 2 aromatic carbocycles. The van der Waals surface area contributed by atoms with Gasteiger partial charge in [-0.15, -0.1) is 6.42 Å². The topological polar surface area (TPSA) is 29.5 Å². The maximum atomic E-state index is 12.9. The molecule has 2 rings (SSSR count). The van der Waals surface area contributed by atoms with Crippen molar-refractivity contribution in [1.29, 1.82) is 0 Å². The molecule has 0 saturated heterocycles. The van der Waals surface area contributed by atoms with Crippen LogP contribution in [0.5, 0.6) is 5.75 Å². The first-order chi connectivity index (χ1) is 12.3. The van der Waals surface area contributed by atoms with E-state index < -0.39 is 35.8 Å². The monoisotopic (exact) mass is 365 g/mol. The number of terminal acetylenes is 1. The Kier molecular flexibility index (Phi) is 6.23. The van der Waals surface area contributed by atoms with Crippen LogP contribution < -0.4 is 4.74 Å². The zero-order valence-electron chi connectivity index (χ0n) is 13.6. The highest BCUT2D eigenvalue weighted by atomic mass is 19.4. The van der Waals surface area contributed by atoms with Crippen molar-refractivity contribution in [3.63, 3.8) is 0 Å². The van der Waals surface area contributed by atoms with Gasteiger partial charge in [0.05, 0.1) is 12.1 Å². The number of amides is 1. The van der Waals surface area contributed by atoms with E-state index in [9.17, 15) is 22.4 Å². The van der Waals surface area contributed by atoms with Crippen molar-refractivity contribution < 1.29 is 27.1 Å². The van der Waals surface area contributed by atoms with Crippen molar-refractivity contribution in [3.8, 4) is 18.1 Å². The number of alkyl halides is 3. The molecule has 0 N–H and O–H groups in total. The van der Waals surface area contributed by atoms with Crippen LogP contribution in [-0.4, -0.2) is 24.0 Å². The molecule has 0 radical (unpaired) electrons. The van der Waals surface area contributed by atoms with E-state index in [0.29, 0.717) is 5.56 Å². The fourth-order valence-electron chi connectivity index (χ4n) is 2.21. The van der Waals surface area contributed by atoms with Crippen molar-refractivity contribution in [2.75, 3.05) is 13.2 Å². The van der Waals surface area contributed by atoms with Crippen molar-refractivity contribution in [2.45, 2.75) is 12.7 Å². The minimum absolute atomic E-state index is 0.0551. The van der Waals surface area contributed by atoms with Gasteiger partial charge in [0.25, 0.3) is 5.91 Å². The van der Waals surface area contributed by atoms with Crippen LogP contribution in [0.2, 0.25) is 0 Å². The maximum Gasteiger partial charge on any atom is 0.419 e. The van der Waals surface area contributed by atoms with E-state index in [1.165, 1.54) is 41.3 Å². The third-order valence-corrected chi connectivity index (χ3v) is 3.47. The highest BCUT2D eigenvalue weighted by Crippen LogP contribution is 2.35. The van der Waals surface area contributed by atoms with E-state index in [4.69, 9.17) is 11.2 Å². The lowest BCUT2D eigenvalue weighted by Crippen LogP contribution is -2.35. The smallest absolute Gasteiger partial charge is 0.419 e. The molecule has 26 heavy (non-hydrogen) atoms. The average Bonchev–Trinajstić information content (AvgIpc) is 2.60. The highest BCUT2D eigenvalue weighted by molar-refractivity contribution is 5.78. The molecule has 0 unspecified atom stereocenters. The van der Waals surface area contributed by atoms with Gasteiger partial charge >= 0.3 is 6.18 Å². The zero-order valence-corrected chi connectivity index (χ0v) is 13.6. The van der Waals surface area contributed by atoms with E-state index in [1.54, 1.807) is 0 Å². The molecule has 0 aromatic heterocycles. The van der Waals surface area contributed by atoms with Crippen LogP contribution in [0, 0.1) is 18.2 Å². The van der Waals surface area contributed by atoms with Gasteiger partial charge < -0.3 is 9.64 Å². The van der Waals surface area contributed by atoms with Crippen LogP contribution in [0.3, 0.4) is 0 Å². The Balaban J connectivity index is 2.07. The van der Waals surface area contributed by atoms with E-state index in [-0.39, 0.29) is 13.1 Å². The molecular formula is C19H15F4NO2. The molecule has 0 aliphatic heterocycles. The van der Waals surface area contributed by atoms with Crippen LogP contribution in [-0.2, 0) is 17.5 Å². The third-order valence-electron chi connectivity index (χ3n) is 3.47. The predicted octanol–water partition coefficient (Wildman–Crippen LogP) is 3.89. The molecule has 7 heteroatoms. The lowest BCUT2D eigenvalue weighted by molar-refractivity contribution is -0.141. The molecule has 136 valence electrons. The molecule has 0 aliphatic carbocycles. The Morgan fingerprint density at radius 3 is 2.38 bits per heavy atom. The van der Waals surface area contributed by atoms with Gasteiger partial charge in [0.2, 0.25) is 0 Å². The van der Waals surface area contributed by atoms with Crippen molar-refractivity contribution in [1.82, 2.24) is 4.90 Å². The molecule has 0 bridgehead atoms. The van der Waals surface area contributed by atoms with Crippen molar-refractivity contribution >= 4 is 5.91 Å². The minimum Gasteiger partial charge on any atom is -0.483 e. The predicted molar refractivity (Wildman–Crippen MR) is 87.6 cm³/mol. The molecule has 3 nitrogen and oxygen atoms in total. The fourth-order valence-corrected chi connectivity index (χ4v) is 2.21. The Hall–Kier alpha value is -3.01. The first-order valence-electron chi connectivity index (χ1n) is 7.56. The second-order valence-electron chi connectivity index (χ2n) is 5.36. The SMILES string of the molecule is C#CCN(Cc1ccc(F)cc1)C(=O)COc1ccccc1C(F)(F)F. The minimum atomic E-state index is -4.59. The van der Waals surface area contributed by atoms with Crippen LogP contribution in [0.15, 0.2) is 48.5 Å². The number of hydrogen-bond acceptors (Lipinski definition) is 2. The van der Waals surface area contributed by atoms with E-state index in [1.807, 2.05) is 0 Å². The van der Waals surface area contributed by atoms with Crippen LogP contribution >= 0.6 is 0 Å². The quantitative estimate of drug-likeness (QED) is 0.574. The second kappa shape index (κ2) is 8.39. The van der Waals surface area contributed by atoms with Gasteiger partial charge in [-0.3, -0.25) is 4.79 Å². The summed E-state index contributed by atoms with van der Waals surface area (Å²) < 4.78 is 56.8.